The number of nitriles is 1. The molecule has 1 aliphatic heterocycles. The summed E-state index contributed by atoms with van der Waals surface area (Å²) < 4.78 is 6.71. The highest BCUT2D eigenvalue weighted by Gasteiger charge is 2.18. The monoisotopic (exact) mass is 294 g/mol. The molecule has 1 aromatic carbocycles. The van der Waals surface area contributed by atoms with Gasteiger partial charge in [0, 0.05) is 17.6 Å². The second-order valence-electron chi connectivity index (χ2n) is 4.37. The summed E-state index contributed by atoms with van der Waals surface area (Å²) in [7, 11) is 2.13. The summed E-state index contributed by atoms with van der Waals surface area (Å²) in [6.45, 7) is 2.17. The zero-order valence-corrected chi connectivity index (χ0v) is 11.4. The van der Waals surface area contributed by atoms with E-state index < -0.39 is 0 Å². The molecule has 0 atom stereocenters. The molecule has 3 nitrogen and oxygen atoms in total. The third-order valence-electron chi connectivity index (χ3n) is 3.03. The largest absolute Gasteiger partial charge is 0.490 e. The molecule has 1 heterocycles. The third-order valence-corrected chi connectivity index (χ3v) is 3.69. The lowest BCUT2D eigenvalue weighted by atomic mass is 10.1. The number of rotatable bonds is 2. The van der Waals surface area contributed by atoms with E-state index in [1.807, 2.05) is 12.1 Å². The van der Waals surface area contributed by atoms with Crippen LogP contribution < -0.4 is 4.74 Å². The van der Waals surface area contributed by atoms with Crippen LogP contribution in [0.2, 0.25) is 0 Å². The number of ether oxygens (including phenoxy) is 1. The highest BCUT2D eigenvalue weighted by Crippen LogP contribution is 2.25. The predicted molar refractivity (Wildman–Crippen MR) is 70.0 cm³/mol. The van der Waals surface area contributed by atoms with Crippen molar-refractivity contribution in [2.24, 2.45) is 0 Å². The van der Waals surface area contributed by atoms with Crippen LogP contribution in [0.3, 0.4) is 0 Å². The van der Waals surface area contributed by atoms with Crippen molar-refractivity contribution in [3.63, 3.8) is 0 Å². The van der Waals surface area contributed by atoms with Crippen LogP contribution in [0, 0.1) is 11.3 Å². The van der Waals surface area contributed by atoms with E-state index in [9.17, 15) is 0 Å². The minimum absolute atomic E-state index is 0.297. The molecular formula is C13H15BrN2O. The van der Waals surface area contributed by atoms with Gasteiger partial charge >= 0.3 is 0 Å². The number of halogens is 1. The Bertz CT molecular complexity index is 434. The van der Waals surface area contributed by atoms with E-state index in [0.29, 0.717) is 11.7 Å². The van der Waals surface area contributed by atoms with E-state index in [0.717, 1.165) is 36.2 Å². The first-order chi connectivity index (χ1) is 8.19. The molecule has 0 amide bonds. The Kier molecular flexibility index (Phi) is 4.03. The van der Waals surface area contributed by atoms with Crippen molar-refractivity contribution < 1.29 is 4.74 Å². The zero-order chi connectivity index (χ0) is 12.3. The Morgan fingerprint density at radius 3 is 2.71 bits per heavy atom. The number of likely N-dealkylation sites (tertiary alicyclic amines) is 1. The smallest absolute Gasteiger partial charge is 0.120 e. The molecule has 4 heteroatoms. The van der Waals surface area contributed by atoms with Gasteiger partial charge in [-0.1, -0.05) is 0 Å². The summed E-state index contributed by atoms with van der Waals surface area (Å²) in [4.78, 5) is 2.31. The SMILES string of the molecule is CN1CCC(Oc2ccc(C#N)c(Br)c2)CC1. The molecular weight excluding hydrogens is 280 g/mol. The molecule has 1 fully saturated rings. The Balaban J connectivity index is 2.00. The number of piperidine rings is 1. The molecule has 90 valence electrons. The lowest BCUT2D eigenvalue weighted by Crippen LogP contribution is -2.35. The third kappa shape index (κ3) is 3.21. The van der Waals surface area contributed by atoms with Crippen molar-refractivity contribution in [2.45, 2.75) is 18.9 Å². The van der Waals surface area contributed by atoms with Crippen LogP contribution in [-0.2, 0) is 0 Å². The van der Waals surface area contributed by atoms with Gasteiger partial charge in [0.05, 0.1) is 5.56 Å². The first-order valence-electron chi connectivity index (χ1n) is 5.74. The molecule has 1 aliphatic rings. The molecule has 0 saturated carbocycles. The lowest BCUT2D eigenvalue weighted by Gasteiger charge is -2.29. The Hall–Kier alpha value is -1.05. The van der Waals surface area contributed by atoms with Gasteiger partial charge in [-0.3, -0.25) is 0 Å². The van der Waals surface area contributed by atoms with Gasteiger partial charge in [0.1, 0.15) is 17.9 Å². The predicted octanol–water partition coefficient (Wildman–Crippen LogP) is 2.79. The average Bonchev–Trinajstić information content (AvgIpc) is 2.32. The maximum Gasteiger partial charge on any atom is 0.120 e. The quantitative estimate of drug-likeness (QED) is 0.841. The highest BCUT2D eigenvalue weighted by molar-refractivity contribution is 9.10. The normalized spacial score (nSPS) is 17.7. The van der Waals surface area contributed by atoms with Crippen LogP contribution >= 0.6 is 15.9 Å². The molecule has 1 saturated heterocycles. The van der Waals surface area contributed by atoms with Gasteiger partial charge < -0.3 is 9.64 Å². The van der Waals surface area contributed by atoms with Crippen LogP contribution in [0.25, 0.3) is 0 Å². The van der Waals surface area contributed by atoms with Crippen LogP contribution in [-0.4, -0.2) is 31.1 Å². The molecule has 0 unspecified atom stereocenters. The highest BCUT2D eigenvalue weighted by atomic mass is 79.9. The average molecular weight is 295 g/mol. The number of benzene rings is 1. The minimum Gasteiger partial charge on any atom is -0.490 e. The summed E-state index contributed by atoms with van der Waals surface area (Å²) in [6.07, 6.45) is 2.42. The topological polar surface area (TPSA) is 36.3 Å². The fraction of sp³-hybridized carbons (Fsp3) is 0.462. The van der Waals surface area contributed by atoms with Crippen molar-refractivity contribution in [2.75, 3.05) is 20.1 Å². The summed E-state index contributed by atoms with van der Waals surface area (Å²) in [5, 5.41) is 8.83. The molecule has 0 aliphatic carbocycles. The van der Waals surface area contributed by atoms with Crippen molar-refractivity contribution in [1.29, 1.82) is 5.26 Å². The number of hydrogen-bond donors (Lipinski definition) is 0. The fourth-order valence-corrected chi connectivity index (χ4v) is 2.40. The van der Waals surface area contributed by atoms with E-state index in [4.69, 9.17) is 10.00 Å². The fourth-order valence-electron chi connectivity index (χ4n) is 1.96. The second-order valence-corrected chi connectivity index (χ2v) is 5.23. The zero-order valence-electron chi connectivity index (χ0n) is 9.82. The van der Waals surface area contributed by atoms with Gasteiger partial charge in [-0.05, 0) is 54.0 Å². The summed E-state index contributed by atoms with van der Waals surface area (Å²) in [5.74, 6) is 0.838. The number of nitrogens with zero attached hydrogens (tertiary/aromatic N) is 2. The van der Waals surface area contributed by atoms with E-state index >= 15 is 0 Å². The van der Waals surface area contributed by atoms with Crippen LogP contribution in [0.5, 0.6) is 5.75 Å². The van der Waals surface area contributed by atoms with Crippen molar-refractivity contribution in [3.05, 3.63) is 28.2 Å². The minimum atomic E-state index is 0.297. The Labute approximate surface area is 110 Å². The first-order valence-corrected chi connectivity index (χ1v) is 6.53. The molecule has 0 N–H and O–H groups in total. The molecule has 0 radical (unpaired) electrons. The van der Waals surface area contributed by atoms with Gasteiger partial charge in [-0.15, -0.1) is 0 Å². The van der Waals surface area contributed by atoms with Crippen LogP contribution in [0.1, 0.15) is 18.4 Å². The van der Waals surface area contributed by atoms with Crippen molar-refractivity contribution in [3.8, 4) is 11.8 Å². The van der Waals surface area contributed by atoms with Gasteiger partial charge in [-0.2, -0.15) is 5.26 Å². The van der Waals surface area contributed by atoms with E-state index in [1.165, 1.54) is 0 Å². The van der Waals surface area contributed by atoms with Crippen molar-refractivity contribution >= 4 is 15.9 Å². The molecule has 17 heavy (non-hydrogen) atoms. The maximum atomic E-state index is 8.83. The standard InChI is InChI=1S/C13H15BrN2O/c1-16-6-4-11(5-7-16)17-12-3-2-10(9-15)13(14)8-12/h2-3,8,11H,4-7H2,1H3. The Morgan fingerprint density at radius 1 is 1.41 bits per heavy atom. The molecule has 0 aromatic heterocycles. The summed E-state index contributed by atoms with van der Waals surface area (Å²) >= 11 is 3.37. The van der Waals surface area contributed by atoms with Gasteiger partial charge in [0.15, 0.2) is 0 Å². The summed E-state index contributed by atoms with van der Waals surface area (Å²) in [5.41, 5.74) is 0.640. The molecule has 2 rings (SSSR count). The van der Waals surface area contributed by atoms with E-state index in [-0.39, 0.29) is 0 Å². The molecule has 0 bridgehead atoms. The Morgan fingerprint density at radius 2 is 2.12 bits per heavy atom. The lowest BCUT2D eigenvalue weighted by molar-refractivity contribution is 0.114. The first kappa shape index (κ1) is 12.4. The maximum absolute atomic E-state index is 8.83. The summed E-state index contributed by atoms with van der Waals surface area (Å²) in [6, 6.07) is 7.64. The molecule has 1 aromatic rings. The van der Waals surface area contributed by atoms with Crippen molar-refractivity contribution in [1.82, 2.24) is 4.90 Å². The molecule has 0 spiro atoms. The van der Waals surface area contributed by atoms with E-state index in [1.54, 1.807) is 6.07 Å². The second kappa shape index (κ2) is 5.52. The van der Waals surface area contributed by atoms with Crippen LogP contribution in [0.15, 0.2) is 22.7 Å². The van der Waals surface area contributed by atoms with Gasteiger partial charge in [0.25, 0.3) is 0 Å². The number of hydrogen-bond acceptors (Lipinski definition) is 3. The van der Waals surface area contributed by atoms with E-state index in [2.05, 4.69) is 33.9 Å². The van der Waals surface area contributed by atoms with Crippen LogP contribution in [0.4, 0.5) is 0 Å². The van der Waals surface area contributed by atoms with Gasteiger partial charge in [0.2, 0.25) is 0 Å². The van der Waals surface area contributed by atoms with Gasteiger partial charge in [-0.25, -0.2) is 0 Å².